The zero-order chi connectivity index (χ0) is 3.58. The molecule has 0 heterocycles. The van der Waals surface area contributed by atoms with E-state index in [0.29, 0.717) is 0 Å². The van der Waals surface area contributed by atoms with Crippen LogP contribution in [-0.2, 0) is 0 Å². The Balaban J connectivity index is -0.00000000161. The third kappa shape index (κ3) is 50.7. The van der Waals surface area contributed by atoms with Crippen LogP contribution in [0.25, 0.3) is 0 Å². The molecule has 0 spiro atoms. The van der Waals surface area contributed by atoms with Crippen molar-refractivity contribution in [3.8, 4) is 0 Å². The number of rotatable bonds is 0. The van der Waals surface area contributed by atoms with Crippen LogP contribution in [0.15, 0.2) is 0 Å². The second-order valence-electron chi connectivity index (χ2n) is 0.346. The van der Waals surface area contributed by atoms with Gasteiger partial charge in [0.1, 0.15) is 0 Å². The molecule has 0 aromatic rings. The molecule has 0 bridgehead atoms. The van der Waals surface area contributed by atoms with Gasteiger partial charge in [-0.1, -0.05) is 0 Å². The van der Waals surface area contributed by atoms with Gasteiger partial charge in [-0.25, -0.2) is 0 Å². The number of hydrogen-bond acceptors (Lipinski definition) is 3. The maximum Gasteiger partial charge on any atom is 2.00 e. The first-order valence-corrected chi connectivity index (χ1v) is 0.775. The maximum atomic E-state index is 7.17. The molecule has 0 amide bonds. The van der Waals surface area contributed by atoms with Crippen molar-refractivity contribution in [3.63, 3.8) is 0 Å². The molecule has 3 nitrogen and oxygen atoms in total. The first kappa shape index (κ1) is 29.6. The van der Waals surface area contributed by atoms with Crippen LogP contribution in [0.5, 0.6) is 0 Å². The van der Waals surface area contributed by atoms with Gasteiger partial charge in [0, 0.05) is 38.6 Å². The van der Waals surface area contributed by atoms with Crippen molar-refractivity contribution >= 4 is 56.2 Å². The predicted molar refractivity (Wildman–Crippen MR) is 22.6 cm³/mol. The Morgan fingerprint density at radius 2 is 1.00 bits per heavy atom. The standard InChI is InChI=1S/BH3O3.Ba.2Li.Tb.4H/c2-1(3)4;;;;;;;;/h2-4H;;;;;;;;/q;+2;2*+1;;4*-1. The van der Waals surface area contributed by atoms with Crippen molar-refractivity contribution in [3.05, 3.63) is 0 Å². The van der Waals surface area contributed by atoms with Crippen LogP contribution in [0, 0.1) is 38.6 Å². The maximum absolute atomic E-state index is 7.17. The smallest absolute Gasteiger partial charge is 1.00 e. The molecule has 0 unspecified atom stereocenters. The second-order valence-corrected chi connectivity index (χ2v) is 0.346. The Kier molecular flexibility index (Phi) is 83.2. The van der Waals surface area contributed by atoms with Gasteiger partial charge in [-0.15, -0.1) is 0 Å². The van der Waals surface area contributed by atoms with E-state index in [4.69, 9.17) is 15.1 Å². The Bertz CT molecular complexity index is 33.0. The predicted octanol–water partition coefficient (Wildman–Crippen LogP) is -7.97. The average molecular weight is 376 g/mol. The molecule has 0 saturated heterocycles. The van der Waals surface area contributed by atoms with Gasteiger partial charge >= 0.3 is 93.9 Å². The van der Waals surface area contributed by atoms with Gasteiger partial charge in [0.05, 0.1) is 0 Å². The van der Waals surface area contributed by atoms with Gasteiger partial charge in [0.2, 0.25) is 0 Å². The topological polar surface area (TPSA) is 60.7 Å². The van der Waals surface area contributed by atoms with Crippen molar-refractivity contribution in [1.82, 2.24) is 0 Å². The third-order valence-corrected chi connectivity index (χ3v) is 0. The molecule has 0 atom stereocenters. The Morgan fingerprint density at radius 3 is 1.00 bits per heavy atom. The van der Waals surface area contributed by atoms with Crippen LogP contribution in [-0.4, -0.2) is 71.3 Å². The van der Waals surface area contributed by atoms with E-state index in [1.807, 2.05) is 0 Å². The molecule has 41 valence electrons. The minimum absolute atomic E-state index is 0. The van der Waals surface area contributed by atoms with Crippen LogP contribution in [0.4, 0.5) is 0 Å². The van der Waals surface area contributed by atoms with Crippen LogP contribution >= 0.6 is 0 Å². The van der Waals surface area contributed by atoms with E-state index < -0.39 is 7.32 Å². The molecular weight excluding hydrogens is 369 g/mol. The zero-order valence-corrected chi connectivity index (χ0v) is 11.5. The minimum Gasteiger partial charge on any atom is -1.00 e. The minimum atomic E-state index is -2.17. The van der Waals surface area contributed by atoms with E-state index in [0.717, 1.165) is 0 Å². The largest absolute Gasteiger partial charge is 2.00 e. The van der Waals surface area contributed by atoms with Crippen LogP contribution in [0.2, 0.25) is 0 Å². The molecule has 0 aliphatic heterocycles. The first-order chi connectivity index (χ1) is 1.73. The second kappa shape index (κ2) is 22.4. The molecule has 0 saturated carbocycles. The molecule has 8 heavy (non-hydrogen) atoms. The van der Waals surface area contributed by atoms with E-state index in [2.05, 4.69) is 0 Å². The Morgan fingerprint density at radius 1 is 1.00 bits per heavy atom. The Hall–Kier alpha value is 4.00. The van der Waals surface area contributed by atoms with Crippen LogP contribution in [0.1, 0.15) is 5.71 Å². The zero-order valence-electron chi connectivity index (χ0n) is 8.96. The van der Waals surface area contributed by atoms with Crippen molar-refractivity contribution in [1.29, 1.82) is 0 Å². The Labute approximate surface area is 150 Å². The van der Waals surface area contributed by atoms with Crippen LogP contribution < -0.4 is 37.7 Å². The molecule has 0 fully saturated rings. The summed E-state index contributed by atoms with van der Waals surface area (Å²) < 4.78 is 0. The van der Waals surface area contributed by atoms with E-state index >= 15 is 0 Å². The first-order valence-electron chi connectivity index (χ1n) is 0.775. The SMILES string of the molecule is OB(O)O.[Ba+2].[H-].[H-].[H-].[H-].[Li+].[Li+].[Tb]. The summed E-state index contributed by atoms with van der Waals surface area (Å²) in [5.74, 6) is 0. The summed E-state index contributed by atoms with van der Waals surface area (Å²) in [6.45, 7) is 0. The van der Waals surface area contributed by atoms with E-state index in [9.17, 15) is 0 Å². The summed E-state index contributed by atoms with van der Waals surface area (Å²) in [6.07, 6.45) is 0. The average Bonchev–Trinajstić information content (AvgIpc) is 0.811. The summed E-state index contributed by atoms with van der Waals surface area (Å²) in [6, 6.07) is 0. The van der Waals surface area contributed by atoms with Gasteiger partial charge in [-0.3, -0.25) is 0 Å². The van der Waals surface area contributed by atoms with Crippen LogP contribution in [0.3, 0.4) is 0 Å². The fourth-order valence-electron chi connectivity index (χ4n) is 0. The quantitative estimate of drug-likeness (QED) is 0.369. The molecule has 0 aromatic carbocycles. The fraction of sp³-hybridized carbons (Fsp3) is 0. The van der Waals surface area contributed by atoms with Gasteiger partial charge in [-0.2, -0.15) is 0 Å². The molecule has 3 N–H and O–H groups in total. The summed E-state index contributed by atoms with van der Waals surface area (Å²) in [4.78, 5) is 0. The van der Waals surface area contributed by atoms with Crippen molar-refractivity contribution in [2.45, 2.75) is 0 Å². The normalized spacial score (nSPS) is 3.38. The fourth-order valence-corrected chi connectivity index (χ4v) is 0. The van der Waals surface area contributed by atoms with E-state index in [1.165, 1.54) is 0 Å². The molecule has 8 heteroatoms. The van der Waals surface area contributed by atoms with Gasteiger partial charge < -0.3 is 20.8 Å². The van der Waals surface area contributed by atoms with Gasteiger partial charge in [-0.05, 0) is 0 Å². The molecular formula is H7BBaLi2O3Tb. The molecule has 0 aromatic heterocycles. The van der Waals surface area contributed by atoms with Crippen molar-refractivity contribution in [2.24, 2.45) is 0 Å². The van der Waals surface area contributed by atoms with Crippen molar-refractivity contribution < 1.29 is 97.1 Å². The van der Waals surface area contributed by atoms with E-state index in [-0.39, 0.29) is 131 Å². The monoisotopic (exact) mass is 377 g/mol. The van der Waals surface area contributed by atoms with Crippen molar-refractivity contribution in [2.75, 3.05) is 0 Å². The molecule has 0 rings (SSSR count). The van der Waals surface area contributed by atoms with Gasteiger partial charge in [0.25, 0.3) is 0 Å². The third-order valence-electron chi connectivity index (χ3n) is 0. The molecule has 1 radical (unpaired) electrons. The summed E-state index contributed by atoms with van der Waals surface area (Å²) in [7, 11) is -2.17. The van der Waals surface area contributed by atoms with Gasteiger partial charge in [0.15, 0.2) is 0 Å². The number of hydrogen-bond donors (Lipinski definition) is 3. The van der Waals surface area contributed by atoms with E-state index in [1.54, 1.807) is 0 Å². The molecule has 0 aliphatic rings. The molecule has 0 aliphatic carbocycles. The summed E-state index contributed by atoms with van der Waals surface area (Å²) in [5, 5.41) is 21.5. The summed E-state index contributed by atoms with van der Waals surface area (Å²) >= 11 is 0. The summed E-state index contributed by atoms with van der Waals surface area (Å²) in [5.41, 5.74) is 0.